The zero-order valence-electron chi connectivity index (χ0n) is 48.3. The van der Waals surface area contributed by atoms with Gasteiger partial charge in [-0.25, -0.2) is 26.3 Å². The van der Waals surface area contributed by atoms with Crippen LogP contribution in [0.25, 0.3) is 11.6 Å². The van der Waals surface area contributed by atoms with Crippen molar-refractivity contribution in [3.05, 3.63) is 334 Å². The predicted molar refractivity (Wildman–Crippen MR) is 341 cm³/mol. The molecular formula is C79H62F6N2O. The van der Waals surface area contributed by atoms with Crippen molar-refractivity contribution in [3.63, 3.8) is 0 Å². The molecule has 1 aliphatic heterocycles. The highest BCUT2D eigenvalue weighted by atomic mass is 19.2. The Kier molecular flexibility index (Phi) is 13.7. The van der Waals surface area contributed by atoms with Crippen LogP contribution >= 0.6 is 0 Å². The van der Waals surface area contributed by atoms with Gasteiger partial charge < -0.3 is 14.5 Å². The van der Waals surface area contributed by atoms with Crippen molar-refractivity contribution in [2.24, 2.45) is 17.8 Å². The molecule has 8 unspecified atom stereocenters. The van der Waals surface area contributed by atoms with E-state index in [4.69, 9.17) is 4.74 Å². The molecule has 8 atom stereocenters. The number of hydrogen-bond donors (Lipinski definition) is 0. The zero-order chi connectivity index (χ0) is 60.0. The quantitative estimate of drug-likeness (QED) is 0.0845. The first-order valence-corrected chi connectivity index (χ1v) is 30.5. The Morgan fingerprint density at radius 3 is 2.10 bits per heavy atom. The number of nitrogens with zero attached hydrogens (tertiary/aromatic N) is 2. The van der Waals surface area contributed by atoms with Crippen molar-refractivity contribution < 1.29 is 31.1 Å². The van der Waals surface area contributed by atoms with Crippen LogP contribution in [0.1, 0.15) is 94.9 Å². The van der Waals surface area contributed by atoms with Crippen molar-refractivity contribution in [2.75, 3.05) is 16.3 Å². The van der Waals surface area contributed by atoms with Gasteiger partial charge in [-0.1, -0.05) is 188 Å². The molecule has 1 heterocycles. The standard InChI is InChI=1S/C79H62F6N2O/c1-3-48-29-33-53(34-30-48)78(51-18-7-5-8-19-51)61-24-13-11-22-57(61)59-39-37-55(41-63(59)78)86(72-45-67(82)65(80)43-69(72)84)47-50-17-15-27-74-76(50)77-71(26-16-28-75(77)88-74)87(73-46-68(83)66(81)44-70(73)85)56-38-40-60-58-23-12-14-25-62(58)79(64(60)42-56,52-20-9-6-10-21-52)54-35-31-49(4-2)32-36-54/h3-12,14-18,20-23,25-29,31-32,35-46,51,53,58,62,74,76H,1-2,13,19,24,30,33-34,47H2. The summed E-state index contributed by atoms with van der Waals surface area (Å²) in [4.78, 5) is 3.40. The molecule has 0 bridgehead atoms. The molecule has 0 fully saturated rings. The highest BCUT2D eigenvalue weighted by molar-refractivity contribution is 5.90. The lowest BCUT2D eigenvalue weighted by Gasteiger charge is -2.48. The molecule has 88 heavy (non-hydrogen) atoms. The van der Waals surface area contributed by atoms with Gasteiger partial charge in [0.2, 0.25) is 0 Å². The monoisotopic (exact) mass is 1170 g/mol. The minimum absolute atomic E-state index is 0.0309. The van der Waals surface area contributed by atoms with Crippen LogP contribution in [-0.2, 0) is 10.8 Å². The van der Waals surface area contributed by atoms with Gasteiger partial charge in [-0.15, -0.1) is 0 Å². The molecule has 436 valence electrons. The molecular weight excluding hydrogens is 1110 g/mol. The highest BCUT2D eigenvalue weighted by Crippen LogP contribution is 2.64. The maximum Gasteiger partial charge on any atom is 0.161 e. The van der Waals surface area contributed by atoms with Crippen molar-refractivity contribution in [2.45, 2.75) is 67.3 Å². The van der Waals surface area contributed by atoms with E-state index in [-0.39, 0.29) is 41.6 Å². The van der Waals surface area contributed by atoms with Crippen LogP contribution in [0.15, 0.2) is 254 Å². The third-order valence-electron chi connectivity index (χ3n) is 20.2. The predicted octanol–water partition coefficient (Wildman–Crippen LogP) is 20.4. The SMILES string of the molecule is C=CC1=CCC(C2(C3C=CC=CC3)C3=C(C=CCC3)c3ccc(N(CC4=CC=CC5Oc6cccc(N(c7ccc8c(c7)C(c7ccccc7)(c7ccc(C=C)cc7)C7C=CC=CC87)c7cc(F)c(F)cc7F)c6C45)c4cc(F)c(F)cc4F)cc32)CC1. The van der Waals surface area contributed by atoms with E-state index in [0.717, 1.165) is 95.2 Å². The number of benzene rings is 7. The fourth-order valence-electron chi connectivity index (χ4n) is 16.5. The third-order valence-corrected chi connectivity index (χ3v) is 20.2. The van der Waals surface area contributed by atoms with Crippen LogP contribution < -0.4 is 14.5 Å². The van der Waals surface area contributed by atoms with Crippen LogP contribution in [-0.4, -0.2) is 12.6 Å². The summed E-state index contributed by atoms with van der Waals surface area (Å²) in [6.07, 6.45) is 38.5. The van der Waals surface area contributed by atoms with Crippen molar-refractivity contribution >= 4 is 40.1 Å². The van der Waals surface area contributed by atoms with Gasteiger partial charge in [0, 0.05) is 65.0 Å². The zero-order valence-corrected chi connectivity index (χ0v) is 48.3. The highest BCUT2D eigenvalue weighted by Gasteiger charge is 2.55. The van der Waals surface area contributed by atoms with Gasteiger partial charge in [0.1, 0.15) is 23.5 Å². The van der Waals surface area contributed by atoms with Crippen molar-refractivity contribution in [1.29, 1.82) is 0 Å². The second-order valence-electron chi connectivity index (χ2n) is 24.4. The maximum atomic E-state index is 17.2. The molecule has 9 heteroatoms. The molecule has 3 nitrogen and oxygen atoms in total. The fraction of sp³-hybridized carbons (Fsp3) is 0.190. The van der Waals surface area contributed by atoms with Crippen LogP contribution in [0.4, 0.5) is 54.8 Å². The van der Waals surface area contributed by atoms with Crippen molar-refractivity contribution in [3.8, 4) is 5.75 Å². The lowest BCUT2D eigenvalue weighted by atomic mass is 9.55. The maximum absolute atomic E-state index is 17.2. The van der Waals surface area contributed by atoms with E-state index in [0.29, 0.717) is 40.5 Å². The van der Waals surface area contributed by atoms with E-state index in [1.807, 2.05) is 72.8 Å². The number of allylic oxidation sites excluding steroid dienone is 17. The number of rotatable bonds is 13. The lowest BCUT2D eigenvalue weighted by Crippen LogP contribution is -2.43. The minimum Gasteiger partial charge on any atom is -0.485 e. The van der Waals surface area contributed by atoms with Gasteiger partial charge in [-0.3, -0.25) is 0 Å². The molecule has 15 rings (SSSR count). The van der Waals surface area contributed by atoms with Gasteiger partial charge in [0.15, 0.2) is 23.3 Å². The minimum atomic E-state index is -1.33. The Labute approximate surface area is 509 Å². The first-order chi connectivity index (χ1) is 43.0. The molecule has 0 N–H and O–H groups in total. The van der Waals surface area contributed by atoms with Gasteiger partial charge in [-0.05, 0) is 143 Å². The van der Waals surface area contributed by atoms with Gasteiger partial charge in [0.05, 0.1) is 28.4 Å². The summed E-state index contributed by atoms with van der Waals surface area (Å²) in [6, 6.07) is 39.6. The smallest absolute Gasteiger partial charge is 0.161 e. The van der Waals surface area contributed by atoms with E-state index in [2.05, 4.69) is 141 Å². The van der Waals surface area contributed by atoms with Crippen LogP contribution in [0, 0.1) is 52.7 Å². The fourth-order valence-corrected chi connectivity index (χ4v) is 16.5. The third kappa shape index (κ3) is 8.54. The summed E-state index contributed by atoms with van der Waals surface area (Å²) in [5.74, 6) is -7.05. The topological polar surface area (TPSA) is 15.7 Å². The van der Waals surface area contributed by atoms with E-state index in [1.54, 1.807) is 15.9 Å². The van der Waals surface area contributed by atoms with Crippen LogP contribution in [0.3, 0.4) is 0 Å². The van der Waals surface area contributed by atoms with E-state index in [1.165, 1.54) is 16.7 Å². The van der Waals surface area contributed by atoms with Crippen LogP contribution in [0.2, 0.25) is 0 Å². The summed E-state index contributed by atoms with van der Waals surface area (Å²) >= 11 is 0. The molecule has 0 saturated carbocycles. The molecule has 0 saturated heterocycles. The molecule has 0 radical (unpaired) electrons. The van der Waals surface area contributed by atoms with E-state index in [9.17, 15) is 0 Å². The first-order valence-electron chi connectivity index (χ1n) is 30.5. The van der Waals surface area contributed by atoms with Crippen molar-refractivity contribution in [1.82, 2.24) is 0 Å². The lowest BCUT2D eigenvalue weighted by molar-refractivity contribution is 0.223. The number of ether oxygens (including phenoxy) is 1. The van der Waals surface area contributed by atoms with Gasteiger partial charge in [0.25, 0.3) is 0 Å². The Morgan fingerprint density at radius 2 is 1.34 bits per heavy atom. The summed E-state index contributed by atoms with van der Waals surface area (Å²) in [5.41, 5.74) is 12.3. The summed E-state index contributed by atoms with van der Waals surface area (Å²) in [6.45, 7) is 8.12. The first kappa shape index (κ1) is 55.3. The summed E-state index contributed by atoms with van der Waals surface area (Å²) in [5, 5.41) is 0. The van der Waals surface area contributed by atoms with Gasteiger partial charge >= 0.3 is 0 Å². The summed E-state index contributed by atoms with van der Waals surface area (Å²) < 4.78 is 104. The number of halogens is 6. The van der Waals surface area contributed by atoms with Crippen LogP contribution in [0.5, 0.6) is 5.75 Å². The Hall–Kier alpha value is -9.34. The second-order valence-corrected chi connectivity index (χ2v) is 24.4. The number of fused-ring (bicyclic) bond motifs is 8. The normalized spacial score (nSPS) is 24.8. The number of hydrogen-bond acceptors (Lipinski definition) is 3. The number of anilines is 5. The average molecular weight is 1170 g/mol. The Balaban J connectivity index is 0.903. The largest absolute Gasteiger partial charge is 0.485 e. The average Bonchev–Trinajstić information content (AvgIpc) is 1.54. The van der Waals surface area contributed by atoms with Gasteiger partial charge in [-0.2, -0.15) is 0 Å². The van der Waals surface area contributed by atoms with E-state index >= 15 is 26.3 Å². The molecule has 7 aliphatic carbocycles. The second kappa shape index (κ2) is 21.8. The molecule has 8 aliphatic rings. The molecule has 7 aromatic carbocycles. The Bertz CT molecular complexity index is 4350. The Morgan fingerprint density at radius 1 is 0.602 bits per heavy atom. The molecule has 0 spiro atoms. The van der Waals surface area contributed by atoms with E-state index < -0.39 is 57.8 Å². The summed E-state index contributed by atoms with van der Waals surface area (Å²) in [7, 11) is 0. The molecule has 0 aromatic heterocycles. The molecule has 0 amide bonds. The molecule has 7 aromatic rings.